The molecule has 2 aromatic rings. The smallest absolute Gasteiger partial charge is 0.370 e. The third-order valence-corrected chi connectivity index (χ3v) is 6.89. The Morgan fingerprint density at radius 1 is 1.19 bits per heavy atom. The lowest BCUT2D eigenvalue weighted by Crippen LogP contribution is -2.44. The molecule has 1 saturated heterocycles. The molecular formula is C23H23Cl2F3N2O. The molecule has 2 aliphatic rings. The van der Waals surface area contributed by atoms with E-state index in [0.29, 0.717) is 6.42 Å². The number of amides is 1. The molecular weight excluding hydrogens is 448 g/mol. The highest BCUT2D eigenvalue weighted by molar-refractivity contribution is 6.34. The Kier molecular flexibility index (Phi) is 5.90. The zero-order valence-electron chi connectivity index (χ0n) is 17.0. The molecule has 8 heteroatoms. The van der Waals surface area contributed by atoms with Gasteiger partial charge >= 0.3 is 6.18 Å². The van der Waals surface area contributed by atoms with Crippen molar-refractivity contribution in [2.24, 2.45) is 0 Å². The summed E-state index contributed by atoms with van der Waals surface area (Å²) in [5.74, 6) is -0.00314. The van der Waals surface area contributed by atoms with Gasteiger partial charge in [0.1, 0.15) is 5.41 Å². The molecule has 2 aromatic carbocycles. The minimum absolute atomic E-state index is 0.00314. The van der Waals surface area contributed by atoms with Gasteiger partial charge in [-0.3, -0.25) is 4.79 Å². The fraction of sp³-hybridized carbons (Fsp3) is 0.435. The number of alkyl halides is 3. The van der Waals surface area contributed by atoms with E-state index in [-0.39, 0.29) is 47.1 Å². The zero-order chi connectivity index (χ0) is 22.4. The molecule has 0 bridgehead atoms. The van der Waals surface area contributed by atoms with Crippen molar-refractivity contribution in [3.63, 3.8) is 0 Å². The highest BCUT2D eigenvalue weighted by atomic mass is 35.5. The first kappa shape index (κ1) is 22.3. The van der Waals surface area contributed by atoms with Gasteiger partial charge in [-0.15, -0.1) is 0 Å². The minimum Gasteiger partial charge on any atom is -0.370 e. The van der Waals surface area contributed by atoms with Crippen molar-refractivity contribution < 1.29 is 18.0 Å². The van der Waals surface area contributed by atoms with Gasteiger partial charge in [0, 0.05) is 35.2 Å². The Bertz CT molecular complexity index is 991. The Hall–Kier alpha value is -1.92. The quantitative estimate of drug-likeness (QED) is 0.575. The van der Waals surface area contributed by atoms with Gasteiger partial charge in [0.15, 0.2) is 0 Å². The molecule has 0 spiro atoms. The van der Waals surface area contributed by atoms with E-state index in [2.05, 4.69) is 5.32 Å². The maximum atomic E-state index is 14.3. The van der Waals surface area contributed by atoms with Crippen molar-refractivity contribution in [2.45, 2.75) is 50.2 Å². The third kappa shape index (κ3) is 4.12. The number of hydrogen-bond acceptors (Lipinski definition) is 2. The van der Waals surface area contributed by atoms with Crippen molar-refractivity contribution in [1.29, 1.82) is 0 Å². The summed E-state index contributed by atoms with van der Waals surface area (Å²) in [6.07, 6.45) is -2.50. The summed E-state index contributed by atoms with van der Waals surface area (Å²) < 4.78 is 43.0. The van der Waals surface area contributed by atoms with Gasteiger partial charge < -0.3 is 10.2 Å². The molecule has 0 saturated carbocycles. The Morgan fingerprint density at radius 2 is 1.90 bits per heavy atom. The number of fused-ring (bicyclic) bond motifs is 1. The molecule has 3 nitrogen and oxygen atoms in total. The van der Waals surface area contributed by atoms with Gasteiger partial charge in [0.2, 0.25) is 5.91 Å². The standard InChI is InChI=1S/C23H23Cl2F3N2O/c1-2-21(31)29-20-6-3-14-9-18(4-5-19(14)20)30-8-7-22(13-30,23(26,27)28)15-10-16(24)12-17(25)11-15/h4-5,9-12,20H,2-3,6-8,13H2,1H3,(H,29,31)/t20-,22-/m0/s1. The van der Waals surface area contributed by atoms with E-state index < -0.39 is 11.6 Å². The van der Waals surface area contributed by atoms with Crippen LogP contribution in [0.3, 0.4) is 0 Å². The number of rotatable bonds is 4. The molecule has 1 fully saturated rings. The van der Waals surface area contributed by atoms with Crippen molar-refractivity contribution in [3.05, 3.63) is 63.1 Å². The average Bonchev–Trinajstić information content (AvgIpc) is 3.32. The molecule has 1 aliphatic carbocycles. The second kappa shape index (κ2) is 8.21. The fourth-order valence-corrected chi connectivity index (χ4v) is 5.26. The summed E-state index contributed by atoms with van der Waals surface area (Å²) in [7, 11) is 0. The van der Waals surface area contributed by atoms with E-state index in [9.17, 15) is 18.0 Å². The molecule has 1 amide bonds. The summed E-state index contributed by atoms with van der Waals surface area (Å²) in [6, 6.07) is 9.90. The predicted molar refractivity (Wildman–Crippen MR) is 117 cm³/mol. The molecule has 31 heavy (non-hydrogen) atoms. The topological polar surface area (TPSA) is 32.3 Å². The average molecular weight is 471 g/mol. The zero-order valence-corrected chi connectivity index (χ0v) is 18.5. The second-order valence-corrected chi connectivity index (χ2v) is 9.18. The molecule has 1 N–H and O–H groups in total. The summed E-state index contributed by atoms with van der Waals surface area (Å²) >= 11 is 12.0. The largest absolute Gasteiger partial charge is 0.400 e. The van der Waals surface area contributed by atoms with Crippen molar-refractivity contribution in [3.8, 4) is 0 Å². The van der Waals surface area contributed by atoms with E-state index in [4.69, 9.17) is 23.2 Å². The number of halogens is 5. The van der Waals surface area contributed by atoms with Crippen LogP contribution in [-0.2, 0) is 16.6 Å². The lowest BCUT2D eigenvalue weighted by atomic mass is 9.79. The van der Waals surface area contributed by atoms with E-state index in [1.807, 2.05) is 25.1 Å². The molecule has 1 aliphatic heterocycles. The molecule has 0 aromatic heterocycles. The van der Waals surface area contributed by atoms with E-state index in [0.717, 1.165) is 29.7 Å². The molecule has 4 rings (SSSR count). The van der Waals surface area contributed by atoms with Gasteiger partial charge in [-0.05, 0) is 66.3 Å². The maximum Gasteiger partial charge on any atom is 0.400 e. The molecule has 0 unspecified atom stereocenters. The van der Waals surface area contributed by atoms with Crippen molar-refractivity contribution >= 4 is 34.8 Å². The van der Waals surface area contributed by atoms with Crippen molar-refractivity contribution in [1.82, 2.24) is 5.32 Å². The Morgan fingerprint density at radius 3 is 2.55 bits per heavy atom. The first-order chi connectivity index (χ1) is 14.6. The third-order valence-electron chi connectivity index (χ3n) is 6.45. The van der Waals surface area contributed by atoms with Crippen LogP contribution in [0.4, 0.5) is 18.9 Å². The van der Waals surface area contributed by atoms with E-state index >= 15 is 0 Å². The Labute approximate surface area is 189 Å². The van der Waals surface area contributed by atoms with Gasteiger partial charge in [-0.25, -0.2) is 0 Å². The van der Waals surface area contributed by atoms with Crippen LogP contribution in [0.1, 0.15) is 48.9 Å². The summed E-state index contributed by atoms with van der Waals surface area (Å²) in [5.41, 5.74) is 0.963. The SMILES string of the molecule is CCC(=O)N[C@H]1CCc2cc(N3CC[C@](c4cc(Cl)cc(Cl)c4)(C(F)(F)F)C3)ccc21. The molecule has 2 atom stereocenters. The summed E-state index contributed by atoms with van der Waals surface area (Å²) in [5, 5.41) is 3.41. The number of anilines is 1. The fourth-order valence-electron chi connectivity index (χ4n) is 4.74. The number of benzene rings is 2. The number of aryl methyl sites for hydroxylation is 1. The molecule has 0 radical (unpaired) electrons. The van der Waals surface area contributed by atoms with Crippen LogP contribution in [-0.4, -0.2) is 25.2 Å². The van der Waals surface area contributed by atoms with Crippen LogP contribution >= 0.6 is 23.2 Å². The lowest BCUT2D eigenvalue weighted by molar-refractivity contribution is -0.184. The predicted octanol–water partition coefficient (Wildman–Crippen LogP) is 6.22. The number of carbonyl (C=O) groups is 1. The number of nitrogens with one attached hydrogen (secondary N) is 1. The van der Waals surface area contributed by atoms with E-state index in [1.54, 1.807) is 4.90 Å². The molecule has 1 heterocycles. The van der Waals surface area contributed by atoms with Crippen LogP contribution in [0.15, 0.2) is 36.4 Å². The maximum absolute atomic E-state index is 14.3. The normalized spacial score (nSPS) is 23.2. The van der Waals surface area contributed by atoms with Crippen molar-refractivity contribution in [2.75, 3.05) is 18.0 Å². The van der Waals surface area contributed by atoms with Gasteiger partial charge in [-0.1, -0.05) is 36.2 Å². The van der Waals surface area contributed by atoms with Crippen LogP contribution in [0.5, 0.6) is 0 Å². The summed E-state index contributed by atoms with van der Waals surface area (Å²) in [6.45, 7) is 1.89. The number of nitrogens with zero attached hydrogens (tertiary/aromatic N) is 1. The Balaban J connectivity index is 1.62. The first-order valence-electron chi connectivity index (χ1n) is 10.3. The van der Waals surface area contributed by atoms with Crippen LogP contribution in [0.2, 0.25) is 10.0 Å². The van der Waals surface area contributed by atoms with Gasteiger partial charge in [-0.2, -0.15) is 13.2 Å². The highest BCUT2D eigenvalue weighted by Crippen LogP contribution is 2.49. The molecule has 166 valence electrons. The van der Waals surface area contributed by atoms with Gasteiger partial charge in [0.25, 0.3) is 0 Å². The van der Waals surface area contributed by atoms with Crippen LogP contribution in [0, 0.1) is 0 Å². The van der Waals surface area contributed by atoms with Crippen LogP contribution < -0.4 is 10.2 Å². The van der Waals surface area contributed by atoms with E-state index in [1.165, 1.54) is 18.2 Å². The lowest BCUT2D eigenvalue weighted by Gasteiger charge is -2.33. The second-order valence-electron chi connectivity index (χ2n) is 8.30. The summed E-state index contributed by atoms with van der Waals surface area (Å²) in [4.78, 5) is 13.5. The highest BCUT2D eigenvalue weighted by Gasteiger charge is 2.59. The first-order valence-corrected chi connectivity index (χ1v) is 11.1. The number of carbonyl (C=O) groups excluding carboxylic acids is 1. The number of hydrogen-bond donors (Lipinski definition) is 1. The minimum atomic E-state index is -4.44. The van der Waals surface area contributed by atoms with Gasteiger partial charge in [0.05, 0.1) is 6.04 Å². The van der Waals surface area contributed by atoms with Crippen LogP contribution in [0.25, 0.3) is 0 Å². The monoisotopic (exact) mass is 470 g/mol.